The zero-order chi connectivity index (χ0) is 14.7. The lowest BCUT2D eigenvalue weighted by Crippen LogP contribution is -2.26. The van der Waals surface area contributed by atoms with E-state index in [0.717, 1.165) is 10.7 Å². The van der Waals surface area contributed by atoms with Crippen LogP contribution in [0.1, 0.15) is 28.5 Å². The predicted octanol–water partition coefficient (Wildman–Crippen LogP) is 2.45. The van der Waals surface area contributed by atoms with Gasteiger partial charge in [-0.05, 0) is 19.1 Å². The van der Waals surface area contributed by atoms with Crippen molar-refractivity contribution in [3.63, 3.8) is 0 Å². The Morgan fingerprint density at radius 3 is 2.85 bits per heavy atom. The topological polar surface area (TPSA) is 68.5 Å². The minimum atomic E-state index is -0.165. The van der Waals surface area contributed by atoms with E-state index in [0.29, 0.717) is 11.4 Å². The highest BCUT2D eigenvalue weighted by Crippen LogP contribution is 2.22. The minimum absolute atomic E-state index is 0.163. The van der Waals surface area contributed by atoms with E-state index in [1.807, 2.05) is 25.1 Å². The molecule has 0 fully saturated rings. The first-order chi connectivity index (χ1) is 9.52. The van der Waals surface area contributed by atoms with Gasteiger partial charge in [-0.3, -0.25) is 4.79 Å². The summed E-state index contributed by atoms with van der Waals surface area (Å²) in [4.78, 5) is 18.2. The van der Waals surface area contributed by atoms with Gasteiger partial charge in [0.25, 0.3) is 5.91 Å². The Morgan fingerprint density at radius 2 is 2.25 bits per heavy atom. The van der Waals surface area contributed by atoms with Crippen LogP contribution < -0.4 is 15.4 Å². The molecule has 1 atom stereocenters. The van der Waals surface area contributed by atoms with Crippen molar-refractivity contribution in [2.45, 2.75) is 13.0 Å². The average molecular weight is 291 g/mol. The first kappa shape index (κ1) is 14.5. The van der Waals surface area contributed by atoms with E-state index in [4.69, 9.17) is 10.5 Å². The standard InChI is InChI=1S/C14H17N3O2S/c1-9(15)13-16-12(8-20-13)14(18)17(2)10-5-4-6-11(7-10)19-3/h4-9H,15H2,1-3H3. The van der Waals surface area contributed by atoms with Gasteiger partial charge >= 0.3 is 0 Å². The Balaban J connectivity index is 2.22. The zero-order valence-electron chi connectivity index (χ0n) is 11.7. The Morgan fingerprint density at radius 1 is 1.50 bits per heavy atom. The van der Waals surface area contributed by atoms with Gasteiger partial charge in [0.2, 0.25) is 0 Å². The summed E-state index contributed by atoms with van der Waals surface area (Å²) < 4.78 is 5.16. The van der Waals surface area contributed by atoms with E-state index in [1.165, 1.54) is 11.3 Å². The third-order valence-electron chi connectivity index (χ3n) is 2.88. The maximum absolute atomic E-state index is 12.4. The van der Waals surface area contributed by atoms with Gasteiger partial charge in [-0.15, -0.1) is 11.3 Å². The lowest BCUT2D eigenvalue weighted by atomic mass is 10.2. The van der Waals surface area contributed by atoms with Crippen molar-refractivity contribution < 1.29 is 9.53 Å². The van der Waals surface area contributed by atoms with E-state index in [9.17, 15) is 4.79 Å². The molecule has 0 aliphatic rings. The molecule has 1 heterocycles. The fourth-order valence-electron chi connectivity index (χ4n) is 1.70. The zero-order valence-corrected chi connectivity index (χ0v) is 12.5. The molecule has 6 heteroatoms. The highest BCUT2D eigenvalue weighted by atomic mass is 32.1. The van der Waals surface area contributed by atoms with Gasteiger partial charge in [0.1, 0.15) is 16.5 Å². The van der Waals surface area contributed by atoms with Crippen molar-refractivity contribution in [3.05, 3.63) is 40.3 Å². The molecule has 0 aliphatic heterocycles. The molecule has 2 N–H and O–H groups in total. The number of ether oxygens (including phenoxy) is 1. The summed E-state index contributed by atoms with van der Waals surface area (Å²) in [6, 6.07) is 7.16. The molecule has 0 aliphatic carbocycles. The van der Waals surface area contributed by atoms with Crippen LogP contribution in [-0.2, 0) is 0 Å². The van der Waals surface area contributed by atoms with Gasteiger partial charge in [0.15, 0.2) is 0 Å². The summed E-state index contributed by atoms with van der Waals surface area (Å²) in [5, 5.41) is 2.49. The van der Waals surface area contributed by atoms with Gasteiger partial charge in [-0.2, -0.15) is 0 Å². The molecular formula is C14H17N3O2S. The van der Waals surface area contributed by atoms with E-state index >= 15 is 0 Å². The number of rotatable bonds is 4. The second-order valence-electron chi connectivity index (χ2n) is 4.43. The summed E-state index contributed by atoms with van der Waals surface area (Å²) in [5.74, 6) is 0.540. The van der Waals surface area contributed by atoms with Crippen molar-refractivity contribution in [3.8, 4) is 5.75 Å². The highest BCUT2D eigenvalue weighted by molar-refractivity contribution is 7.09. The number of anilines is 1. The Kier molecular flexibility index (Phi) is 4.36. The van der Waals surface area contributed by atoms with Crippen molar-refractivity contribution in [1.29, 1.82) is 0 Å². The van der Waals surface area contributed by atoms with Crippen LogP contribution in [0.2, 0.25) is 0 Å². The summed E-state index contributed by atoms with van der Waals surface area (Å²) in [6.07, 6.45) is 0. The van der Waals surface area contributed by atoms with Gasteiger partial charge in [0, 0.05) is 24.2 Å². The smallest absolute Gasteiger partial charge is 0.277 e. The highest BCUT2D eigenvalue weighted by Gasteiger charge is 2.18. The van der Waals surface area contributed by atoms with Crippen LogP contribution in [0.3, 0.4) is 0 Å². The number of nitrogens with zero attached hydrogens (tertiary/aromatic N) is 2. The van der Waals surface area contributed by atoms with Gasteiger partial charge in [-0.1, -0.05) is 6.07 Å². The maximum atomic E-state index is 12.4. The fraction of sp³-hybridized carbons (Fsp3) is 0.286. The number of hydrogen-bond acceptors (Lipinski definition) is 5. The molecule has 0 saturated heterocycles. The second-order valence-corrected chi connectivity index (χ2v) is 5.31. The quantitative estimate of drug-likeness (QED) is 0.939. The molecule has 1 aromatic carbocycles. The van der Waals surface area contributed by atoms with Crippen molar-refractivity contribution in [1.82, 2.24) is 4.98 Å². The van der Waals surface area contributed by atoms with E-state index < -0.39 is 0 Å². The van der Waals surface area contributed by atoms with Crippen LogP contribution in [0, 0.1) is 0 Å². The molecule has 0 saturated carbocycles. The normalized spacial score (nSPS) is 12.0. The second kappa shape index (κ2) is 6.02. The minimum Gasteiger partial charge on any atom is -0.497 e. The average Bonchev–Trinajstić information content (AvgIpc) is 2.95. The lowest BCUT2D eigenvalue weighted by molar-refractivity contribution is 0.0988. The number of hydrogen-bond donors (Lipinski definition) is 1. The number of carbonyl (C=O) groups is 1. The Labute approximate surface area is 122 Å². The monoisotopic (exact) mass is 291 g/mol. The Bertz CT molecular complexity index is 610. The first-order valence-corrected chi connectivity index (χ1v) is 7.04. The van der Waals surface area contributed by atoms with Crippen LogP contribution in [0.5, 0.6) is 5.75 Å². The van der Waals surface area contributed by atoms with E-state index in [2.05, 4.69) is 4.98 Å². The largest absolute Gasteiger partial charge is 0.497 e. The summed E-state index contributed by atoms with van der Waals surface area (Å²) in [6.45, 7) is 1.85. The number of carbonyl (C=O) groups excluding carboxylic acids is 1. The summed E-state index contributed by atoms with van der Waals surface area (Å²) >= 11 is 1.40. The van der Waals surface area contributed by atoms with Crippen LogP contribution in [0.25, 0.3) is 0 Å². The fourth-order valence-corrected chi connectivity index (χ4v) is 2.45. The van der Waals surface area contributed by atoms with Crippen LogP contribution in [-0.4, -0.2) is 25.0 Å². The number of aromatic nitrogens is 1. The summed E-state index contributed by atoms with van der Waals surface area (Å²) in [5.41, 5.74) is 6.92. The van der Waals surface area contributed by atoms with E-state index in [-0.39, 0.29) is 11.9 Å². The molecule has 0 spiro atoms. The van der Waals surface area contributed by atoms with E-state index in [1.54, 1.807) is 30.5 Å². The molecule has 1 amide bonds. The first-order valence-electron chi connectivity index (χ1n) is 6.16. The number of methoxy groups -OCH3 is 1. The predicted molar refractivity (Wildman–Crippen MR) is 80.4 cm³/mol. The molecule has 0 bridgehead atoms. The summed E-state index contributed by atoms with van der Waals surface area (Å²) in [7, 11) is 3.30. The molecule has 1 unspecified atom stereocenters. The van der Waals surface area contributed by atoms with Crippen LogP contribution in [0.15, 0.2) is 29.6 Å². The molecule has 0 radical (unpaired) electrons. The van der Waals surface area contributed by atoms with Crippen LogP contribution >= 0.6 is 11.3 Å². The Hall–Kier alpha value is -1.92. The third kappa shape index (κ3) is 2.97. The van der Waals surface area contributed by atoms with Crippen molar-refractivity contribution in [2.75, 3.05) is 19.1 Å². The molecule has 2 rings (SSSR count). The van der Waals surface area contributed by atoms with Crippen LogP contribution in [0.4, 0.5) is 5.69 Å². The number of nitrogens with two attached hydrogens (primary N) is 1. The van der Waals surface area contributed by atoms with Gasteiger partial charge in [0.05, 0.1) is 13.2 Å². The number of benzene rings is 1. The molecule has 2 aromatic rings. The molecule has 5 nitrogen and oxygen atoms in total. The molecule has 1 aromatic heterocycles. The molecule has 106 valence electrons. The number of thiazole rings is 1. The SMILES string of the molecule is COc1cccc(N(C)C(=O)c2csc(C(C)N)n2)c1. The van der Waals surface area contributed by atoms with Gasteiger partial charge in [-0.25, -0.2) is 4.98 Å². The van der Waals surface area contributed by atoms with Gasteiger partial charge < -0.3 is 15.4 Å². The molecular weight excluding hydrogens is 274 g/mol. The third-order valence-corrected chi connectivity index (χ3v) is 3.92. The lowest BCUT2D eigenvalue weighted by Gasteiger charge is -2.16. The molecule has 20 heavy (non-hydrogen) atoms. The number of amides is 1. The van der Waals surface area contributed by atoms with Crippen molar-refractivity contribution in [2.24, 2.45) is 5.73 Å². The van der Waals surface area contributed by atoms with Crippen molar-refractivity contribution >= 4 is 22.9 Å². The maximum Gasteiger partial charge on any atom is 0.277 e.